The van der Waals surface area contributed by atoms with E-state index in [-0.39, 0.29) is 5.91 Å². The molecule has 0 N–H and O–H groups in total. The van der Waals surface area contributed by atoms with Gasteiger partial charge in [0.1, 0.15) is 0 Å². The standard InChI is InChI=1S/C25H36N2O/c1-18(28)26(21-9-3-2-4-10-21)25-16-22-11-6-12-23(17-25)27(22)24-14-19-7-5-8-20(13-19)15-24/h2-4,9-10,19-20,22-25H,5-8,11-17H2,1H3/t19-,20+,22-,23+,24?,25?. The third-order valence-electron chi connectivity index (χ3n) is 8.27. The summed E-state index contributed by atoms with van der Waals surface area (Å²) in [5.74, 6) is 2.19. The average Bonchev–Trinajstić information content (AvgIpc) is 2.67. The normalized spacial score (nSPS) is 38.0. The Hall–Kier alpha value is -1.35. The Bertz CT molecular complexity index is 663. The summed E-state index contributed by atoms with van der Waals surface area (Å²) in [5.41, 5.74) is 1.08. The lowest BCUT2D eigenvalue weighted by atomic mass is 9.68. The maximum atomic E-state index is 12.6. The Labute approximate surface area is 170 Å². The quantitative estimate of drug-likeness (QED) is 0.701. The number of piperidine rings is 2. The zero-order chi connectivity index (χ0) is 19.1. The molecule has 2 saturated heterocycles. The van der Waals surface area contributed by atoms with Crippen LogP contribution in [0.5, 0.6) is 0 Å². The molecule has 1 aromatic rings. The predicted octanol–water partition coefficient (Wildman–Crippen LogP) is 5.39. The molecule has 3 nitrogen and oxygen atoms in total. The second-order valence-corrected chi connectivity index (χ2v) is 10.1. The summed E-state index contributed by atoms with van der Waals surface area (Å²) < 4.78 is 0. The minimum Gasteiger partial charge on any atom is -0.309 e. The molecule has 0 spiro atoms. The highest BCUT2D eigenvalue weighted by molar-refractivity contribution is 5.92. The zero-order valence-corrected chi connectivity index (χ0v) is 17.4. The smallest absolute Gasteiger partial charge is 0.224 e. The molecule has 152 valence electrons. The first-order chi connectivity index (χ1) is 13.7. The number of hydrogen-bond donors (Lipinski definition) is 0. The Morgan fingerprint density at radius 1 is 0.821 bits per heavy atom. The van der Waals surface area contributed by atoms with E-state index in [1.807, 2.05) is 6.07 Å². The topological polar surface area (TPSA) is 23.6 Å². The third kappa shape index (κ3) is 3.51. The van der Waals surface area contributed by atoms with Gasteiger partial charge in [0.05, 0.1) is 0 Å². The van der Waals surface area contributed by atoms with Gasteiger partial charge in [-0.05, 0) is 68.9 Å². The van der Waals surface area contributed by atoms with Gasteiger partial charge in [0.15, 0.2) is 0 Å². The summed E-state index contributed by atoms with van der Waals surface area (Å²) in [6.07, 6.45) is 15.2. The highest BCUT2D eigenvalue weighted by atomic mass is 16.2. The largest absolute Gasteiger partial charge is 0.309 e. The molecule has 0 aromatic heterocycles. The molecule has 5 rings (SSSR count). The molecule has 4 bridgehead atoms. The summed E-state index contributed by atoms with van der Waals surface area (Å²) in [4.78, 5) is 17.7. The Morgan fingerprint density at radius 2 is 1.43 bits per heavy atom. The molecule has 28 heavy (non-hydrogen) atoms. The number of nitrogens with zero attached hydrogens (tertiary/aromatic N) is 2. The molecule has 0 radical (unpaired) electrons. The SMILES string of the molecule is CC(=O)N(c1ccccc1)C1C[C@H]2CCC[C@@H](C1)N2C1C[C@H]2CCC[C@@H](C1)C2. The van der Waals surface area contributed by atoms with Crippen molar-refractivity contribution in [3.63, 3.8) is 0 Å². The number of carbonyl (C=O) groups is 1. The van der Waals surface area contributed by atoms with Crippen molar-refractivity contribution in [2.24, 2.45) is 11.8 Å². The second kappa shape index (κ2) is 7.82. The summed E-state index contributed by atoms with van der Waals surface area (Å²) in [5, 5.41) is 0. The van der Waals surface area contributed by atoms with Gasteiger partial charge < -0.3 is 4.90 Å². The fourth-order valence-electron chi connectivity index (χ4n) is 7.37. The first kappa shape index (κ1) is 18.7. The van der Waals surface area contributed by atoms with Gasteiger partial charge in [0.2, 0.25) is 5.91 Å². The maximum Gasteiger partial charge on any atom is 0.224 e. The Morgan fingerprint density at radius 3 is 2.04 bits per heavy atom. The average molecular weight is 381 g/mol. The van der Waals surface area contributed by atoms with Crippen LogP contribution in [0.1, 0.15) is 77.6 Å². The maximum absolute atomic E-state index is 12.6. The van der Waals surface area contributed by atoms with E-state index in [2.05, 4.69) is 34.1 Å². The summed E-state index contributed by atoms with van der Waals surface area (Å²) in [7, 11) is 0. The number of fused-ring (bicyclic) bond motifs is 4. The van der Waals surface area contributed by atoms with E-state index in [1.54, 1.807) is 6.92 Å². The fourth-order valence-corrected chi connectivity index (χ4v) is 7.37. The molecular formula is C25H36N2O. The molecule has 3 heteroatoms. The van der Waals surface area contributed by atoms with E-state index < -0.39 is 0 Å². The Balaban J connectivity index is 1.36. The van der Waals surface area contributed by atoms with Gasteiger partial charge in [-0.15, -0.1) is 0 Å². The third-order valence-corrected chi connectivity index (χ3v) is 8.27. The lowest BCUT2D eigenvalue weighted by Crippen LogP contribution is -2.61. The van der Waals surface area contributed by atoms with E-state index >= 15 is 0 Å². The van der Waals surface area contributed by atoms with Crippen molar-refractivity contribution >= 4 is 11.6 Å². The van der Waals surface area contributed by atoms with Gasteiger partial charge in [0, 0.05) is 36.8 Å². The Kier molecular flexibility index (Phi) is 5.21. The van der Waals surface area contributed by atoms with Gasteiger partial charge >= 0.3 is 0 Å². The highest BCUT2D eigenvalue weighted by Crippen LogP contribution is 2.46. The molecule has 4 aliphatic rings. The minimum atomic E-state index is 0.204. The van der Waals surface area contributed by atoms with E-state index in [1.165, 1.54) is 57.8 Å². The molecule has 2 heterocycles. The first-order valence-corrected chi connectivity index (χ1v) is 11.8. The highest BCUT2D eigenvalue weighted by Gasteiger charge is 2.46. The van der Waals surface area contributed by atoms with Crippen LogP contribution in [-0.2, 0) is 4.79 Å². The van der Waals surface area contributed by atoms with E-state index in [9.17, 15) is 4.79 Å². The van der Waals surface area contributed by atoms with Crippen LogP contribution in [-0.4, -0.2) is 35.0 Å². The summed E-state index contributed by atoms with van der Waals surface area (Å²) >= 11 is 0. The molecule has 1 aromatic carbocycles. The number of amides is 1. The predicted molar refractivity (Wildman–Crippen MR) is 114 cm³/mol. The monoisotopic (exact) mass is 380 g/mol. The van der Waals surface area contributed by atoms with Crippen molar-refractivity contribution < 1.29 is 4.79 Å². The van der Waals surface area contributed by atoms with Crippen molar-refractivity contribution in [2.45, 2.75) is 102 Å². The van der Waals surface area contributed by atoms with Crippen molar-refractivity contribution in [3.8, 4) is 0 Å². The van der Waals surface area contributed by atoms with Crippen molar-refractivity contribution in [3.05, 3.63) is 30.3 Å². The fraction of sp³-hybridized carbons (Fsp3) is 0.720. The number of benzene rings is 1. The lowest BCUT2D eigenvalue weighted by Gasteiger charge is -2.56. The summed E-state index contributed by atoms with van der Waals surface area (Å²) in [6.45, 7) is 1.75. The second-order valence-electron chi connectivity index (χ2n) is 10.1. The van der Waals surface area contributed by atoms with Crippen molar-refractivity contribution in [2.75, 3.05) is 4.90 Å². The molecule has 2 saturated carbocycles. The molecule has 2 aliphatic heterocycles. The molecule has 1 amide bonds. The minimum absolute atomic E-state index is 0.204. The lowest BCUT2D eigenvalue weighted by molar-refractivity contribution is -0.118. The number of rotatable bonds is 3. The van der Waals surface area contributed by atoms with Gasteiger partial charge in [-0.25, -0.2) is 0 Å². The van der Waals surface area contributed by atoms with Crippen LogP contribution in [0, 0.1) is 11.8 Å². The van der Waals surface area contributed by atoms with Crippen LogP contribution in [0.4, 0.5) is 5.69 Å². The van der Waals surface area contributed by atoms with Crippen LogP contribution in [0.15, 0.2) is 30.3 Å². The number of hydrogen-bond acceptors (Lipinski definition) is 2. The first-order valence-electron chi connectivity index (χ1n) is 11.8. The van der Waals surface area contributed by atoms with Gasteiger partial charge in [0.25, 0.3) is 0 Å². The zero-order valence-electron chi connectivity index (χ0n) is 17.4. The summed E-state index contributed by atoms with van der Waals surface area (Å²) in [6, 6.07) is 12.9. The van der Waals surface area contributed by atoms with Crippen molar-refractivity contribution in [1.82, 2.24) is 4.90 Å². The van der Waals surface area contributed by atoms with Crippen LogP contribution in [0.25, 0.3) is 0 Å². The van der Waals surface area contributed by atoms with Crippen LogP contribution in [0.3, 0.4) is 0 Å². The molecule has 4 fully saturated rings. The van der Waals surface area contributed by atoms with E-state index in [0.717, 1.165) is 36.4 Å². The number of anilines is 1. The van der Waals surface area contributed by atoms with Gasteiger partial charge in [-0.2, -0.15) is 0 Å². The van der Waals surface area contributed by atoms with Crippen molar-refractivity contribution in [1.29, 1.82) is 0 Å². The number of carbonyl (C=O) groups excluding carboxylic acids is 1. The molecule has 2 aliphatic carbocycles. The van der Waals surface area contributed by atoms with E-state index in [4.69, 9.17) is 0 Å². The molecule has 6 atom stereocenters. The molecule has 2 unspecified atom stereocenters. The van der Waals surface area contributed by atoms with Crippen LogP contribution in [0.2, 0.25) is 0 Å². The van der Waals surface area contributed by atoms with Gasteiger partial charge in [-0.3, -0.25) is 9.69 Å². The van der Waals surface area contributed by atoms with E-state index in [0.29, 0.717) is 18.1 Å². The van der Waals surface area contributed by atoms with Crippen LogP contribution >= 0.6 is 0 Å². The number of para-hydroxylation sites is 1. The molecular weight excluding hydrogens is 344 g/mol. The van der Waals surface area contributed by atoms with Crippen LogP contribution < -0.4 is 4.90 Å². The van der Waals surface area contributed by atoms with Gasteiger partial charge in [-0.1, -0.05) is 43.9 Å².